The molecule has 1 aliphatic rings. The number of rotatable bonds is 2. The van der Waals surface area contributed by atoms with Crippen molar-refractivity contribution in [1.82, 2.24) is 0 Å². The van der Waals surface area contributed by atoms with Gasteiger partial charge in [0.1, 0.15) is 11.6 Å². The second kappa shape index (κ2) is 8.31. The lowest BCUT2D eigenvalue weighted by atomic mass is 9.77. The van der Waals surface area contributed by atoms with E-state index < -0.39 is 37.1 Å². The van der Waals surface area contributed by atoms with Gasteiger partial charge in [0.15, 0.2) is 0 Å². The van der Waals surface area contributed by atoms with Crippen LogP contribution in [-0.2, 0) is 9.31 Å². The lowest BCUT2D eigenvalue weighted by molar-refractivity contribution is 0.00578. The molecule has 0 aliphatic carbocycles. The monoisotopic (exact) mass is 422 g/mol. The summed E-state index contributed by atoms with van der Waals surface area (Å²) < 4.78 is 37.6. The number of halogens is 2. The Morgan fingerprint density at radius 3 is 1.67 bits per heavy atom. The molecule has 1 aliphatic heterocycles. The maximum Gasteiger partial charge on any atom is 0.497 e. The van der Waals surface area contributed by atoms with Crippen LogP contribution in [0.1, 0.15) is 27.7 Å². The fourth-order valence-electron chi connectivity index (χ4n) is 2.65. The molecule has 10 N–H and O–H groups in total. The zero-order valence-corrected chi connectivity index (χ0v) is 17.2. The first-order chi connectivity index (χ1) is 13.7. The Kier molecular flexibility index (Phi) is 6.57. The van der Waals surface area contributed by atoms with Crippen molar-refractivity contribution in [2.45, 2.75) is 38.9 Å². The summed E-state index contributed by atoms with van der Waals surface area (Å²) in [7, 11) is -2.36. The molecule has 0 bridgehead atoms. The predicted molar refractivity (Wildman–Crippen MR) is 116 cm³/mol. The molecule has 1 saturated heterocycles. The summed E-state index contributed by atoms with van der Waals surface area (Å²) in [6, 6.07) is 5.02. The molecule has 0 radical (unpaired) electrons. The van der Waals surface area contributed by atoms with Gasteiger partial charge in [0.2, 0.25) is 0 Å². The van der Waals surface area contributed by atoms with Gasteiger partial charge in [0.05, 0.1) is 34.0 Å². The van der Waals surface area contributed by atoms with Gasteiger partial charge in [-0.1, -0.05) is 12.1 Å². The summed E-state index contributed by atoms with van der Waals surface area (Å²) in [5.41, 5.74) is 21.2. The van der Waals surface area contributed by atoms with Crippen molar-refractivity contribution in [2.75, 3.05) is 22.9 Å². The summed E-state index contributed by atoms with van der Waals surface area (Å²) in [6.45, 7) is 7.76. The van der Waals surface area contributed by atoms with Crippen molar-refractivity contribution in [3.05, 3.63) is 35.9 Å². The molecule has 0 amide bonds. The quantitative estimate of drug-likeness (QED) is 0.290. The molecule has 1 fully saturated rings. The first kappa shape index (κ1) is 23.7. The zero-order chi connectivity index (χ0) is 23.0. The van der Waals surface area contributed by atoms with Crippen molar-refractivity contribution in [3.8, 4) is 0 Å². The standard InChI is InChI=1S/C12H18BFN2O2.C6H8BFN2O2/c1-11(2)12(3,4)18-13(17-11)7-5-6-8(14)10(16)9(7)15;8-4-2-1-3(7(11)12)5(9)6(4)10/h5-6H,15-16H2,1-4H3;1-2,11-12H,9-10H2. The van der Waals surface area contributed by atoms with Crippen LogP contribution in [0, 0.1) is 11.6 Å². The highest BCUT2D eigenvalue weighted by atomic mass is 19.1. The van der Waals surface area contributed by atoms with Gasteiger partial charge in [-0.3, -0.25) is 0 Å². The minimum atomic E-state index is -1.73. The Hall–Kier alpha value is -2.53. The normalized spacial score (nSPS) is 16.7. The molecular weight excluding hydrogens is 396 g/mol. The van der Waals surface area contributed by atoms with Crippen LogP contribution in [0.3, 0.4) is 0 Å². The maximum atomic E-state index is 13.3. The fraction of sp³-hybridized carbons (Fsp3) is 0.333. The average molecular weight is 422 g/mol. The summed E-state index contributed by atoms with van der Waals surface area (Å²) in [5.74, 6) is -1.20. The average Bonchev–Trinajstić information content (AvgIpc) is 2.85. The first-order valence-electron chi connectivity index (χ1n) is 9.08. The molecule has 12 heteroatoms. The highest BCUT2D eigenvalue weighted by molar-refractivity contribution is 6.64. The number of nitrogens with two attached hydrogens (primary N) is 4. The zero-order valence-electron chi connectivity index (χ0n) is 17.2. The van der Waals surface area contributed by atoms with Gasteiger partial charge in [0.25, 0.3) is 0 Å². The first-order valence-corrected chi connectivity index (χ1v) is 9.08. The van der Waals surface area contributed by atoms with Crippen LogP contribution in [0.5, 0.6) is 0 Å². The van der Waals surface area contributed by atoms with E-state index in [0.717, 1.165) is 6.07 Å². The second-order valence-electron chi connectivity index (χ2n) is 7.89. The molecule has 1 heterocycles. The Bertz CT molecular complexity index is 929. The molecule has 2 aromatic rings. The molecule has 0 atom stereocenters. The Balaban J connectivity index is 0.000000232. The van der Waals surface area contributed by atoms with Crippen LogP contribution in [0.2, 0.25) is 0 Å². The molecule has 2 aromatic carbocycles. The third kappa shape index (κ3) is 4.46. The molecule has 0 unspecified atom stereocenters. The predicted octanol–water partition coefficient (Wildman–Crippen LogP) is -0.0408. The Morgan fingerprint density at radius 1 is 0.767 bits per heavy atom. The highest BCUT2D eigenvalue weighted by Crippen LogP contribution is 2.37. The van der Waals surface area contributed by atoms with Crippen molar-refractivity contribution in [1.29, 1.82) is 0 Å². The van der Waals surface area contributed by atoms with Crippen molar-refractivity contribution in [2.24, 2.45) is 0 Å². The van der Waals surface area contributed by atoms with E-state index in [0.29, 0.717) is 5.46 Å². The number of hydrogen-bond acceptors (Lipinski definition) is 8. The molecule has 0 aromatic heterocycles. The van der Waals surface area contributed by atoms with Gasteiger partial charge < -0.3 is 42.3 Å². The van der Waals surface area contributed by atoms with E-state index in [9.17, 15) is 8.78 Å². The van der Waals surface area contributed by atoms with Gasteiger partial charge in [-0.05, 0) is 39.8 Å². The van der Waals surface area contributed by atoms with Crippen LogP contribution in [-0.4, -0.2) is 35.5 Å². The van der Waals surface area contributed by atoms with E-state index in [4.69, 9.17) is 42.3 Å². The lowest BCUT2D eigenvalue weighted by Crippen LogP contribution is -2.41. The number of hydrogen-bond donors (Lipinski definition) is 6. The van der Waals surface area contributed by atoms with E-state index in [1.165, 1.54) is 12.1 Å². The van der Waals surface area contributed by atoms with Gasteiger partial charge in [-0.25, -0.2) is 8.78 Å². The van der Waals surface area contributed by atoms with E-state index in [1.807, 2.05) is 27.7 Å². The largest absolute Gasteiger partial charge is 0.497 e. The fourth-order valence-corrected chi connectivity index (χ4v) is 2.65. The molecule has 8 nitrogen and oxygen atoms in total. The number of anilines is 4. The molecule has 30 heavy (non-hydrogen) atoms. The van der Waals surface area contributed by atoms with Crippen molar-refractivity contribution in [3.63, 3.8) is 0 Å². The van der Waals surface area contributed by atoms with E-state index >= 15 is 0 Å². The maximum absolute atomic E-state index is 13.3. The molecular formula is C18H26B2F2N4O4. The van der Waals surface area contributed by atoms with Crippen molar-refractivity contribution >= 4 is 47.9 Å². The second-order valence-corrected chi connectivity index (χ2v) is 7.89. The van der Waals surface area contributed by atoms with Crippen LogP contribution >= 0.6 is 0 Å². The summed E-state index contributed by atoms with van der Waals surface area (Å²) in [4.78, 5) is 0. The van der Waals surface area contributed by atoms with Gasteiger partial charge >= 0.3 is 14.2 Å². The van der Waals surface area contributed by atoms with Crippen molar-refractivity contribution < 1.29 is 28.1 Å². The molecule has 162 valence electrons. The smallest absolute Gasteiger partial charge is 0.423 e. The highest BCUT2D eigenvalue weighted by Gasteiger charge is 2.52. The van der Waals surface area contributed by atoms with E-state index in [-0.39, 0.29) is 28.2 Å². The molecule has 3 rings (SSSR count). The number of nitrogen functional groups attached to an aromatic ring is 4. The molecule has 0 saturated carbocycles. The number of benzene rings is 2. The topological polar surface area (TPSA) is 163 Å². The minimum Gasteiger partial charge on any atom is -0.423 e. The summed E-state index contributed by atoms with van der Waals surface area (Å²) >= 11 is 0. The summed E-state index contributed by atoms with van der Waals surface area (Å²) in [5, 5.41) is 17.4. The Labute approximate surface area is 174 Å². The summed E-state index contributed by atoms with van der Waals surface area (Å²) in [6.07, 6.45) is 0. The van der Waals surface area contributed by atoms with E-state index in [2.05, 4.69) is 0 Å². The Morgan fingerprint density at radius 2 is 1.20 bits per heavy atom. The SMILES string of the molecule is CC1(C)OB(c2ccc(F)c(N)c2N)OC1(C)C.Nc1c(F)ccc(B(O)O)c1N. The molecule has 0 spiro atoms. The van der Waals surface area contributed by atoms with Gasteiger partial charge in [-0.15, -0.1) is 0 Å². The third-order valence-electron chi connectivity index (χ3n) is 5.32. The minimum absolute atomic E-state index is 0.00824. The van der Waals surface area contributed by atoms with Crippen LogP contribution in [0.25, 0.3) is 0 Å². The van der Waals surface area contributed by atoms with Gasteiger partial charge in [0, 0.05) is 10.9 Å². The lowest BCUT2D eigenvalue weighted by Gasteiger charge is -2.32. The van der Waals surface area contributed by atoms with E-state index in [1.54, 1.807) is 6.07 Å². The van der Waals surface area contributed by atoms with Gasteiger partial charge in [-0.2, -0.15) is 0 Å². The van der Waals surface area contributed by atoms with Crippen LogP contribution in [0.15, 0.2) is 24.3 Å². The van der Waals surface area contributed by atoms with Crippen LogP contribution in [0.4, 0.5) is 31.5 Å². The van der Waals surface area contributed by atoms with Crippen LogP contribution < -0.4 is 33.9 Å². The third-order valence-corrected chi connectivity index (χ3v) is 5.32.